The van der Waals surface area contributed by atoms with E-state index in [0.717, 1.165) is 4.90 Å². The van der Waals surface area contributed by atoms with Crippen molar-refractivity contribution in [2.45, 2.75) is 4.90 Å². The van der Waals surface area contributed by atoms with Gasteiger partial charge in [0.05, 0.1) is 5.69 Å². The van der Waals surface area contributed by atoms with Gasteiger partial charge in [0.2, 0.25) is 0 Å². The normalized spacial score (nSPS) is 11.5. The van der Waals surface area contributed by atoms with Crippen molar-refractivity contribution in [1.29, 1.82) is 0 Å². The molecule has 0 amide bonds. The first kappa shape index (κ1) is 12.3. The highest BCUT2D eigenvalue weighted by atomic mass is 32.1. The number of H-pyrrole nitrogens is 1. The molecule has 2 rings (SSSR count). The first-order valence-electron chi connectivity index (χ1n) is 5.18. The average molecular weight is 260 g/mol. The Morgan fingerprint density at radius 3 is 2.78 bits per heavy atom. The van der Waals surface area contributed by atoms with Gasteiger partial charge in [0.25, 0.3) is 5.56 Å². The van der Waals surface area contributed by atoms with Gasteiger partial charge in [-0.1, -0.05) is 6.07 Å². The van der Waals surface area contributed by atoms with Crippen LogP contribution in [0.5, 0.6) is 0 Å². The predicted molar refractivity (Wildman–Crippen MR) is 75.6 cm³/mol. The lowest BCUT2D eigenvalue weighted by atomic mass is 10.2. The number of hydrogen-bond donors (Lipinski definition) is 4. The highest BCUT2D eigenvalue weighted by Gasteiger charge is 2.08. The van der Waals surface area contributed by atoms with Gasteiger partial charge in [-0.2, -0.15) is 0 Å². The smallest absolute Gasteiger partial charge is 0.261 e. The molecule has 0 atom stereocenters. The van der Waals surface area contributed by atoms with Crippen LogP contribution in [-0.4, -0.2) is 10.8 Å². The molecule has 0 aliphatic carbocycles. The number of anilines is 1. The van der Waals surface area contributed by atoms with E-state index in [-0.39, 0.29) is 17.0 Å². The molecule has 0 aliphatic heterocycles. The molecule has 0 radical (unpaired) electrons. The van der Waals surface area contributed by atoms with Crippen LogP contribution in [0.15, 0.2) is 51.2 Å². The van der Waals surface area contributed by atoms with Crippen LogP contribution in [0.25, 0.3) is 0 Å². The number of thiol groups is 1. The van der Waals surface area contributed by atoms with Gasteiger partial charge < -0.3 is 16.5 Å². The SMILES string of the molecule is NC(=Nc1cccc(S)c1)c1c(N)cc[nH]c1=O. The van der Waals surface area contributed by atoms with Crippen molar-refractivity contribution in [3.8, 4) is 0 Å². The summed E-state index contributed by atoms with van der Waals surface area (Å²) >= 11 is 4.20. The zero-order valence-corrected chi connectivity index (χ0v) is 10.3. The van der Waals surface area contributed by atoms with Gasteiger partial charge in [-0.3, -0.25) is 4.79 Å². The van der Waals surface area contributed by atoms with E-state index in [4.69, 9.17) is 11.5 Å². The van der Waals surface area contributed by atoms with Gasteiger partial charge in [0, 0.05) is 16.8 Å². The van der Waals surface area contributed by atoms with Gasteiger partial charge >= 0.3 is 0 Å². The summed E-state index contributed by atoms with van der Waals surface area (Å²) in [6.07, 6.45) is 1.46. The number of nitrogen functional groups attached to an aromatic ring is 1. The maximum Gasteiger partial charge on any atom is 0.261 e. The summed E-state index contributed by atoms with van der Waals surface area (Å²) in [7, 11) is 0. The fraction of sp³-hybridized carbons (Fsp3) is 0. The van der Waals surface area contributed by atoms with E-state index in [1.807, 2.05) is 6.07 Å². The zero-order chi connectivity index (χ0) is 13.1. The quantitative estimate of drug-likeness (QED) is 0.372. The molecule has 92 valence electrons. The van der Waals surface area contributed by atoms with Crippen molar-refractivity contribution >= 4 is 29.8 Å². The number of pyridine rings is 1. The molecule has 1 aromatic heterocycles. The molecule has 0 spiro atoms. The third kappa shape index (κ3) is 2.54. The largest absolute Gasteiger partial charge is 0.398 e. The monoisotopic (exact) mass is 260 g/mol. The van der Waals surface area contributed by atoms with Gasteiger partial charge in [-0.25, -0.2) is 4.99 Å². The second kappa shape index (κ2) is 4.97. The Balaban J connectivity index is 2.49. The van der Waals surface area contributed by atoms with E-state index in [9.17, 15) is 4.79 Å². The number of aliphatic imine (C=N–C) groups is 1. The van der Waals surface area contributed by atoms with Crippen LogP contribution in [0.2, 0.25) is 0 Å². The summed E-state index contributed by atoms with van der Waals surface area (Å²) in [5.41, 5.74) is 12.2. The lowest BCUT2D eigenvalue weighted by molar-refractivity contribution is 1.22. The third-order valence-corrected chi connectivity index (χ3v) is 2.61. The van der Waals surface area contributed by atoms with E-state index >= 15 is 0 Å². The van der Waals surface area contributed by atoms with Crippen molar-refractivity contribution in [1.82, 2.24) is 4.98 Å². The summed E-state index contributed by atoms with van der Waals surface area (Å²) in [4.78, 5) is 19.1. The van der Waals surface area contributed by atoms with E-state index in [1.54, 1.807) is 24.3 Å². The van der Waals surface area contributed by atoms with Crippen LogP contribution >= 0.6 is 12.6 Å². The fourth-order valence-electron chi connectivity index (χ4n) is 1.52. The second-order valence-electron chi connectivity index (χ2n) is 3.65. The minimum atomic E-state index is -0.363. The van der Waals surface area contributed by atoms with Gasteiger partial charge in [-0.05, 0) is 24.3 Å². The zero-order valence-electron chi connectivity index (χ0n) is 9.42. The minimum Gasteiger partial charge on any atom is -0.398 e. The molecule has 0 bridgehead atoms. The van der Waals surface area contributed by atoms with Gasteiger partial charge in [0.1, 0.15) is 11.4 Å². The number of amidine groups is 1. The highest BCUT2D eigenvalue weighted by molar-refractivity contribution is 7.80. The van der Waals surface area contributed by atoms with Crippen LogP contribution in [0.3, 0.4) is 0 Å². The van der Waals surface area contributed by atoms with Gasteiger partial charge in [0.15, 0.2) is 0 Å². The van der Waals surface area contributed by atoms with E-state index in [2.05, 4.69) is 22.6 Å². The maximum absolute atomic E-state index is 11.6. The number of aromatic nitrogens is 1. The summed E-state index contributed by atoms with van der Waals surface area (Å²) in [5, 5.41) is 0. The van der Waals surface area contributed by atoms with Crippen molar-refractivity contribution in [3.05, 3.63) is 52.4 Å². The second-order valence-corrected chi connectivity index (χ2v) is 4.17. The van der Waals surface area contributed by atoms with Crippen LogP contribution < -0.4 is 17.0 Å². The first-order chi connectivity index (χ1) is 8.58. The molecule has 1 heterocycles. The standard InChI is InChI=1S/C12H12N4OS/c13-9-4-5-15-12(17)10(9)11(14)16-7-2-1-3-8(18)6-7/h1-6,18H,(H2,14,16)(H3,13,15,17). The molecule has 6 heteroatoms. The van der Waals surface area contributed by atoms with Crippen LogP contribution in [-0.2, 0) is 0 Å². The molecule has 1 aromatic carbocycles. The van der Waals surface area contributed by atoms with Crippen molar-refractivity contribution in [2.24, 2.45) is 10.7 Å². The van der Waals surface area contributed by atoms with Gasteiger partial charge in [-0.15, -0.1) is 12.6 Å². The number of benzene rings is 1. The molecule has 18 heavy (non-hydrogen) atoms. The molecule has 5 nitrogen and oxygen atoms in total. The summed E-state index contributed by atoms with van der Waals surface area (Å²) in [6.45, 7) is 0. The average Bonchev–Trinajstić information content (AvgIpc) is 2.28. The molecule has 0 saturated heterocycles. The number of nitrogens with two attached hydrogens (primary N) is 2. The Kier molecular flexibility index (Phi) is 3.38. The summed E-state index contributed by atoms with van der Waals surface area (Å²) in [5.74, 6) is 0.0771. The lowest BCUT2D eigenvalue weighted by Gasteiger charge is -2.03. The van der Waals surface area contributed by atoms with Crippen molar-refractivity contribution in [2.75, 3.05) is 5.73 Å². The fourth-order valence-corrected chi connectivity index (χ4v) is 1.73. The molecule has 5 N–H and O–H groups in total. The number of nitrogens with zero attached hydrogens (tertiary/aromatic N) is 1. The molecular weight excluding hydrogens is 248 g/mol. The number of rotatable bonds is 2. The molecule has 0 unspecified atom stereocenters. The van der Waals surface area contributed by atoms with Crippen molar-refractivity contribution in [3.63, 3.8) is 0 Å². The number of aromatic amines is 1. The Morgan fingerprint density at radius 2 is 2.11 bits per heavy atom. The Labute approximate surface area is 109 Å². The van der Waals surface area contributed by atoms with E-state index in [0.29, 0.717) is 11.4 Å². The highest BCUT2D eigenvalue weighted by Crippen LogP contribution is 2.17. The minimum absolute atomic E-state index is 0.0771. The molecule has 0 saturated carbocycles. The maximum atomic E-state index is 11.6. The molecule has 2 aromatic rings. The van der Waals surface area contributed by atoms with Crippen LogP contribution in [0.1, 0.15) is 5.56 Å². The van der Waals surface area contributed by atoms with Crippen LogP contribution in [0, 0.1) is 0 Å². The Hall–Kier alpha value is -2.21. The summed E-state index contributed by atoms with van der Waals surface area (Å²) < 4.78 is 0. The molecular formula is C12H12N4OS. The first-order valence-corrected chi connectivity index (χ1v) is 5.63. The van der Waals surface area contributed by atoms with E-state index < -0.39 is 0 Å². The van der Waals surface area contributed by atoms with Crippen molar-refractivity contribution < 1.29 is 0 Å². The number of nitrogens with one attached hydrogen (secondary N) is 1. The Bertz CT molecular complexity index is 663. The topological polar surface area (TPSA) is 97.3 Å². The molecule has 0 aliphatic rings. The number of hydrogen-bond acceptors (Lipinski definition) is 4. The molecule has 0 fully saturated rings. The summed E-state index contributed by atoms with van der Waals surface area (Å²) in [6, 6.07) is 8.69. The Morgan fingerprint density at radius 1 is 1.33 bits per heavy atom. The third-order valence-electron chi connectivity index (χ3n) is 2.33. The van der Waals surface area contributed by atoms with Crippen LogP contribution in [0.4, 0.5) is 11.4 Å². The predicted octanol–water partition coefficient (Wildman–Crippen LogP) is 1.28. The lowest BCUT2D eigenvalue weighted by Crippen LogP contribution is -2.25. The van der Waals surface area contributed by atoms with E-state index in [1.165, 1.54) is 6.20 Å².